The highest BCUT2D eigenvalue weighted by Crippen LogP contribution is 2.39. The van der Waals surface area contributed by atoms with E-state index in [4.69, 9.17) is 46.9 Å². The third kappa shape index (κ3) is 6.69. The van der Waals surface area contributed by atoms with Crippen LogP contribution >= 0.6 is 50.5 Å². The van der Waals surface area contributed by atoms with Gasteiger partial charge in [0.1, 0.15) is 6.61 Å². The molecule has 1 aliphatic rings. The Balaban J connectivity index is 1.59. The second-order valence-corrected chi connectivity index (χ2v) is 12.7. The summed E-state index contributed by atoms with van der Waals surface area (Å²) < 4.78 is 30.6. The van der Waals surface area contributed by atoms with Gasteiger partial charge in [0.25, 0.3) is 5.56 Å². The molecule has 0 spiro atoms. The summed E-state index contributed by atoms with van der Waals surface area (Å²) in [6.45, 7) is 3.81. The van der Waals surface area contributed by atoms with Crippen LogP contribution in [0.1, 0.15) is 36.6 Å². The summed E-state index contributed by atoms with van der Waals surface area (Å²) in [5.41, 5.74) is 2.46. The van der Waals surface area contributed by atoms with E-state index in [1.165, 1.54) is 37.2 Å². The van der Waals surface area contributed by atoms with Crippen molar-refractivity contribution in [3.63, 3.8) is 0 Å². The van der Waals surface area contributed by atoms with Crippen molar-refractivity contribution in [2.45, 2.75) is 26.5 Å². The van der Waals surface area contributed by atoms with Gasteiger partial charge in [-0.15, -0.1) is 0 Å². The van der Waals surface area contributed by atoms with E-state index in [1.54, 1.807) is 62.4 Å². The van der Waals surface area contributed by atoms with Crippen molar-refractivity contribution in [2.75, 3.05) is 27.9 Å². The fraction of sp³-hybridized carbons (Fsp3) is 0.242. The number of carbonyl (C=O) groups excluding carboxylic acids is 1. The lowest BCUT2D eigenvalue weighted by Gasteiger charge is -2.25. The Kier molecular flexibility index (Phi) is 10.5. The summed E-state index contributed by atoms with van der Waals surface area (Å²) in [6, 6.07) is 13.2. The van der Waals surface area contributed by atoms with Gasteiger partial charge in [-0.1, -0.05) is 46.7 Å². The zero-order valence-corrected chi connectivity index (χ0v) is 29.4. The van der Waals surface area contributed by atoms with Crippen molar-refractivity contribution in [3.05, 3.63) is 111 Å². The number of methoxy groups -OCH3 is 3. The van der Waals surface area contributed by atoms with Crippen LogP contribution in [-0.2, 0) is 16.1 Å². The summed E-state index contributed by atoms with van der Waals surface area (Å²) in [6.07, 6.45) is 1.74. The number of hydrogen-bond acceptors (Lipinski definition) is 9. The van der Waals surface area contributed by atoms with Crippen molar-refractivity contribution in [2.24, 2.45) is 4.99 Å². The van der Waals surface area contributed by atoms with Crippen molar-refractivity contribution < 1.29 is 28.5 Å². The van der Waals surface area contributed by atoms with Gasteiger partial charge in [-0.05, 0) is 83.4 Å². The van der Waals surface area contributed by atoms with E-state index in [9.17, 15) is 9.59 Å². The van der Waals surface area contributed by atoms with Gasteiger partial charge in [0.2, 0.25) is 0 Å². The molecule has 0 bridgehead atoms. The van der Waals surface area contributed by atoms with Crippen LogP contribution in [0.3, 0.4) is 0 Å². The third-order valence-corrected chi connectivity index (χ3v) is 9.34. The summed E-state index contributed by atoms with van der Waals surface area (Å²) >= 11 is 17.1. The first-order valence-corrected chi connectivity index (χ1v) is 16.3. The number of fused-ring (bicyclic) bond motifs is 1. The highest BCUT2D eigenvalue weighted by atomic mass is 79.9. The smallest absolute Gasteiger partial charge is 0.338 e. The lowest BCUT2D eigenvalue weighted by molar-refractivity contribution is -0.139. The van der Waals surface area contributed by atoms with Gasteiger partial charge in [-0.2, -0.15) is 0 Å². The molecule has 1 aromatic heterocycles. The second-order valence-electron chi connectivity index (χ2n) is 9.98. The maximum Gasteiger partial charge on any atom is 0.338 e. The average Bonchev–Trinajstić information content (AvgIpc) is 3.33. The molecule has 9 nitrogen and oxygen atoms in total. The Bertz CT molecular complexity index is 2040. The molecule has 0 radical (unpaired) electrons. The number of esters is 1. The molecule has 5 rings (SSSR count). The molecule has 46 heavy (non-hydrogen) atoms. The van der Waals surface area contributed by atoms with Crippen molar-refractivity contribution >= 4 is 62.5 Å². The van der Waals surface area contributed by atoms with Gasteiger partial charge >= 0.3 is 5.97 Å². The molecular formula is C33H29BrCl2N2O7S. The summed E-state index contributed by atoms with van der Waals surface area (Å²) in [4.78, 5) is 32.4. The van der Waals surface area contributed by atoms with E-state index in [2.05, 4.69) is 20.9 Å². The minimum Gasteiger partial charge on any atom is -0.493 e. The lowest BCUT2D eigenvalue weighted by atomic mass is 9.95. The van der Waals surface area contributed by atoms with E-state index in [-0.39, 0.29) is 24.3 Å². The number of ether oxygens (including phenoxy) is 5. The number of rotatable bonds is 10. The van der Waals surface area contributed by atoms with Crippen LogP contribution in [0, 0.1) is 0 Å². The first-order valence-electron chi connectivity index (χ1n) is 14.0. The second kappa shape index (κ2) is 14.3. The van der Waals surface area contributed by atoms with E-state index in [0.717, 1.165) is 5.56 Å². The van der Waals surface area contributed by atoms with E-state index >= 15 is 0 Å². The van der Waals surface area contributed by atoms with Gasteiger partial charge in [-0.3, -0.25) is 9.36 Å². The number of carbonyl (C=O) groups is 1. The SMILES string of the molecule is CCOC(=O)C1=C(C)N=c2s/c(=C/c3cc(Br)c(OCc4ccc(Cl)cc4Cl)c(OC)c3)c(=O)n2C1c1ccc(OC)c(OC)c1. The van der Waals surface area contributed by atoms with Crippen LogP contribution in [0.4, 0.5) is 0 Å². The molecule has 3 aromatic carbocycles. The molecule has 2 heterocycles. The van der Waals surface area contributed by atoms with Crippen LogP contribution in [-0.4, -0.2) is 38.5 Å². The number of nitrogens with zero attached hydrogens (tertiary/aromatic N) is 2. The Labute approximate surface area is 287 Å². The number of halogens is 3. The quantitative estimate of drug-likeness (QED) is 0.172. The van der Waals surface area contributed by atoms with Gasteiger partial charge in [-0.25, -0.2) is 9.79 Å². The largest absolute Gasteiger partial charge is 0.493 e. The Morgan fingerprint density at radius 1 is 1.02 bits per heavy atom. The lowest BCUT2D eigenvalue weighted by Crippen LogP contribution is -2.40. The highest BCUT2D eigenvalue weighted by molar-refractivity contribution is 9.10. The van der Waals surface area contributed by atoms with Crippen LogP contribution in [0.25, 0.3) is 6.08 Å². The fourth-order valence-electron chi connectivity index (χ4n) is 5.03. The Morgan fingerprint density at radius 3 is 2.43 bits per heavy atom. The molecule has 0 amide bonds. The number of allylic oxidation sites excluding steroid dienone is 1. The minimum atomic E-state index is -0.811. The zero-order valence-electron chi connectivity index (χ0n) is 25.5. The number of benzene rings is 3. The molecule has 0 saturated carbocycles. The number of thiazole rings is 1. The van der Waals surface area contributed by atoms with Gasteiger partial charge in [0, 0.05) is 15.6 Å². The Morgan fingerprint density at radius 2 is 1.76 bits per heavy atom. The van der Waals surface area contributed by atoms with Crippen LogP contribution < -0.4 is 33.8 Å². The predicted molar refractivity (Wildman–Crippen MR) is 181 cm³/mol. The first-order chi connectivity index (χ1) is 22.1. The van der Waals surface area contributed by atoms with Crippen LogP contribution in [0.15, 0.2) is 74.1 Å². The van der Waals surface area contributed by atoms with E-state index < -0.39 is 12.0 Å². The molecule has 0 fully saturated rings. The van der Waals surface area contributed by atoms with E-state index in [0.29, 0.717) is 63.7 Å². The Hall–Kier alpha value is -3.77. The number of aromatic nitrogens is 1. The van der Waals surface area contributed by atoms with Crippen LogP contribution in [0.2, 0.25) is 10.0 Å². The average molecular weight is 748 g/mol. The summed E-state index contributed by atoms with van der Waals surface area (Å²) in [5, 5.41) is 1.02. The van der Waals surface area contributed by atoms with Gasteiger partial charge in [0.05, 0.1) is 54.3 Å². The summed E-state index contributed by atoms with van der Waals surface area (Å²) in [7, 11) is 4.59. The zero-order chi connectivity index (χ0) is 33.1. The van der Waals surface area contributed by atoms with Crippen molar-refractivity contribution in [3.8, 4) is 23.0 Å². The molecule has 1 atom stereocenters. The summed E-state index contributed by atoms with van der Waals surface area (Å²) in [5.74, 6) is 1.33. The van der Waals surface area contributed by atoms with Gasteiger partial charge in [0.15, 0.2) is 27.8 Å². The van der Waals surface area contributed by atoms with Gasteiger partial charge < -0.3 is 23.7 Å². The predicted octanol–water partition coefficient (Wildman–Crippen LogP) is 6.47. The molecule has 13 heteroatoms. The topological polar surface area (TPSA) is 97.6 Å². The molecular weight excluding hydrogens is 719 g/mol. The maximum absolute atomic E-state index is 14.1. The monoisotopic (exact) mass is 746 g/mol. The minimum absolute atomic E-state index is 0.168. The maximum atomic E-state index is 14.1. The van der Waals surface area contributed by atoms with Crippen LogP contribution in [0.5, 0.6) is 23.0 Å². The fourth-order valence-corrected chi connectivity index (χ4v) is 7.12. The molecule has 0 aliphatic carbocycles. The van der Waals surface area contributed by atoms with Crippen molar-refractivity contribution in [1.29, 1.82) is 0 Å². The molecule has 4 aromatic rings. The molecule has 240 valence electrons. The third-order valence-electron chi connectivity index (χ3n) is 7.18. The normalized spacial score (nSPS) is 14.4. The first kappa shape index (κ1) is 33.6. The highest BCUT2D eigenvalue weighted by Gasteiger charge is 2.34. The molecule has 0 N–H and O–H groups in total. The molecule has 1 aliphatic heterocycles. The van der Waals surface area contributed by atoms with Crippen molar-refractivity contribution in [1.82, 2.24) is 4.57 Å². The number of hydrogen-bond donors (Lipinski definition) is 0. The molecule has 1 unspecified atom stereocenters. The standard InChI is InChI=1S/C33H29BrCl2N2O7S/c1-6-44-32(40)28-17(2)37-33-38(29(28)19-8-10-24(41-3)25(14-19)42-4)31(39)27(46-33)13-18-11-22(34)30(26(12-18)43-5)45-16-20-7-9-21(35)15-23(20)36/h7-15,29H,6,16H2,1-5H3/b27-13+. The van der Waals surface area contributed by atoms with E-state index in [1.807, 2.05) is 6.07 Å². The molecule has 0 saturated heterocycles.